The summed E-state index contributed by atoms with van der Waals surface area (Å²) in [5.41, 5.74) is 3.19. The van der Waals surface area contributed by atoms with E-state index in [1.807, 2.05) is 18.2 Å². The molecule has 1 N–H and O–H groups in total. The van der Waals surface area contributed by atoms with E-state index in [4.69, 9.17) is 4.52 Å². The van der Waals surface area contributed by atoms with Gasteiger partial charge in [-0.2, -0.15) is 0 Å². The van der Waals surface area contributed by atoms with E-state index in [0.29, 0.717) is 0 Å². The number of unbranched alkanes of at least 4 members (excludes halogenated alkanes) is 2. The fraction of sp³-hybridized carbons (Fsp3) is 0.524. The fourth-order valence-corrected chi connectivity index (χ4v) is 3.06. The van der Waals surface area contributed by atoms with E-state index in [9.17, 15) is 5.11 Å². The Morgan fingerprint density at radius 3 is 2.83 bits per heavy atom. The maximum atomic E-state index is 10.4. The van der Waals surface area contributed by atoms with Gasteiger partial charge in [0.1, 0.15) is 6.10 Å². The normalized spacial score (nSPS) is 13.0. The Morgan fingerprint density at radius 2 is 2.17 bits per heavy atom. The molecule has 1 rings (SSSR count). The van der Waals surface area contributed by atoms with Crippen molar-refractivity contribution in [3.05, 3.63) is 47.5 Å². The van der Waals surface area contributed by atoms with Gasteiger partial charge in [0.2, 0.25) is 0 Å². The Hall–Kier alpha value is -1.13. The Balaban J connectivity index is 0.00000576. The first-order valence-corrected chi connectivity index (χ1v) is 9.32. The molecule has 0 heterocycles. The molecule has 3 heteroatoms. The summed E-state index contributed by atoms with van der Waals surface area (Å²) in [6, 6.07) is 5.97. The molecule has 1 aromatic carbocycles. The molecule has 134 valence electrons. The number of aliphatic hydroxyl groups is 1. The van der Waals surface area contributed by atoms with Crippen molar-refractivity contribution in [1.82, 2.24) is 0 Å². The molecule has 0 bridgehead atoms. The fourth-order valence-electron chi connectivity index (χ4n) is 2.79. The van der Waals surface area contributed by atoms with Crippen LogP contribution in [0.3, 0.4) is 0 Å². The van der Waals surface area contributed by atoms with Gasteiger partial charge in [-0.05, 0) is 42.9 Å². The number of aryl methyl sites for hydroxylation is 1. The van der Waals surface area contributed by atoms with Gasteiger partial charge in [0.05, 0.1) is 6.10 Å². The van der Waals surface area contributed by atoms with Crippen LogP contribution in [0.4, 0.5) is 0 Å². The van der Waals surface area contributed by atoms with Gasteiger partial charge in [0.25, 0.3) is 0 Å². The number of benzene rings is 1. The van der Waals surface area contributed by atoms with Crippen molar-refractivity contribution in [1.29, 1.82) is 0 Å². The Labute approximate surface area is 151 Å². The number of rotatable bonds is 10. The van der Waals surface area contributed by atoms with Crippen LogP contribution in [0.15, 0.2) is 30.9 Å². The quantitative estimate of drug-likeness (QED) is 0.260. The van der Waals surface area contributed by atoms with Crippen molar-refractivity contribution in [2.24, 2.45) is 0 Å². The standard InChI is InChI=1S/C21H31O2P.H2/c1-4-6-7-13-18(23-24)14-8-9-16-21(22)20-15-10-12-17(3)19(20)11-5-2;/h5,10,12,15,18,21-22H,2,4,6-8,11,13-14,24H2,1,3H3;1H/t18-,21-;/m0./s1/i;1+2. The summed E-state index contributed by atoms with van der Waals surface area (Å²) in [6.45, 7) is 8.06. The summed E-state index contributed by atoms with van der Waals surface area (Å²) in [4.78, 5) is 0. The molecule has 1 unspecified atom stereocenters. The molecule has 0 spiro atoms. The highest BCUT2D eigenvalue weighted by molar-refractivity contribution is 7.09. The highest BCUT2D eigenvalue weighted by Gasteiger charge is 2.11. The number of hydrogen-bond donors (Lipinski definition) is 1. The lowest BCUT2D eigenvalue weighted by Gasteiger charge is -2.13. The van der Waals surface area contributed by atoms with E-state index >= 15 is 0 Å². The van der Waals surface area contributed by atoms with Crippen LogP contribution in [0.5, 0.6) is 0 Å². The van der Waals surface area contributed by atoms with E-state index in [-0.39, 0.29) is 7.53 Å². The minimum absolute atomic E-state index is 0. The van der Waals surface area contributed by atoms with Crippen LogP contribution in [0.1, 0.15) is 69.7 Å². The van der Waals surface area contributed by atoms with Gasteiger partial charge in [-0.3, -0.25) is 0 Å². The molecular formula is C21H33O2P. The zero-order chi connectivity index (χ0) is 17.8. The van der Waals surface area contributed by atoms with Gasteiger partial charge in [-0.1, -0.05) is 56.4 Å². The molecular weight excluding hydrogens is 315 g/mol. The highest BCUT2D eigenvalue weighted by atomic mass is 31.0. The first-order valence-electron chi connectivity index (χ1n) is 8.85. The topological polar surface area (TPSA) is 29.5 Å². The summed E-state index contributed by atoms with van der Waals surface area (Å²) in [6.07, 6.45) is 8.49. The third-order valence-electron chi connectivity index (χ3n) is 4.24. The third kappa shape index (κ3) is 7.18. The van der Waals surface area contributed by atoms with E-state index < -0.39 is 6.10 Å². The number of aliphatic hydroxyl groups excluding tert-OH is 1. The molecule has 0 aliphatic rings. The largest absolute Gasteiger partial charge is 0.376 e. The SMILES string of the molecule is C=CCc1c(C)cccc1[C@@H](O)C#CCC[C@H](CCCCC)OP.[3HH]. The van der Waals surface area contributed by atoms with Crippen LogP contribution in [-0.2, 0) is 10.9 Å². The third-order valence-corrected chi connectivity index (χ3v) is 4.63. The molecule has 3 atom stereocenters. The predicted molar refractivity (Wildman–Crippen MR) is 108 cm³/mol. The smallest absolute Gasteiger partial charge is 0.140 e. The van der Waals surface area contributed by atoms with Crippen molar-refractivity contribution in [3.63, 3.8) is 0 Å². The molecule has 0 saturated heterocycles. The molecule has 2 nitrogen and oxygen atoms in total. The van der Waals surface area contributed by atoms with Crippen molar-refractivity contribution in [2.45, 2.75) is 71.0 Å². The Kier molecular flexibility index (Phi) is 10.7. The summed E-state index contributed by atoms with van der Waals surface area (Å²) in [7, 11) is 2.37. The van der Waals surface area contributed by atoms with Crippen molar-refractivity contribution in [3.8, 4) is 11.8 Å². The second-order valence-corrected chi connectivity index (χ2v) is 6.42. The summed E-state index contributed by atoms with van der Waals surface area (Å²) < 4.78 is 5.43. The number of hydrogen-bond acceptors (Lipinski definition) is 2. The molecule has 0 aliphatic carbocycles. The maximum absolute atomic E-state index is 10.4. The minimum atomic E-state index is -0.740. The molecule has 0 saturated carbocycles. The summed E-state index contributed by atoms with van der Waals surface area (Å²) in [5.74, 6) is 6.09. The van der Waals surface area contributed by atoms with E-state index in [2.05, 4.69) is 47.8 Å². The van der Waals surface area contributed by atoms with Crippen molar-refractivity contribution >= 4 is 9.47 Å². The molecule has 0 radical (unpaired) electrons. The van der Waals surface area contributed by atoms with Gasteiger partial charge in [0.15, 0.2) is 0 Å². The first-order chi connectivity index (χ1) is 11.6. The molecule has 0 aromatic heterocycles. The summed E-state index contributed by atoms with van der Waals surface area (Å²) in [5, 5.41) is 10.4. The van der Waals surface area contributed by atoms with E-state index in [1.54, 1.807) is 0 Å². The van der Waals surface area contributed by atoms with Gasteiger partial charge >= 0.3 is 0 Å². The molecule has 1 aromatic rings. The van der Waals surface area contributed by atoms with Gasteiger partial charge < -0.3 is 9.63 Å². The molecule has 0 fully saturated rings. The highest BCUT2D eigenvalue weighted by Crippen LogP contribution is 2.22. The lowest BCUT2D eigenvalue weighted by Crippen LogP contribution is -2.07. The summed E-state index contributed by atoms with van der Waals surface area (Å²) >= 11 is 0. The first kappa shape index (κ1) is 20.9. The molecule has 0 aliphatic heterocycles. The second-order valence-electron chi connectivity index (χ2n) is 6.15. The van der Waals surface area contributed by atoms with Gasteiger partial charge in [0, 0.05) is 17.3 Å². The lowest BCUT2D eigenvalue weighted by molar-refractivity contribution is 0.211. The second kappa shape index (κ2) is 12.3. The van der Waals surface area contributed by atoms with Gasteiger partial charge in [-0.25, -0.2) is 0 Å². The lowest BCUT2D eigenvalue weighted by atomic mass is 9.95. The molecule has 0 amide bonds. The van der Waals surface area contributed by atoms with Crippen LogP contribution < -0.4 is 0 Å². The van der Waals surface area contributed by atoms with Crippen molar-refractivity contribution in [2.75, 3.05) is 0 Å². The number of allylic oxidation sites excluding steroid dienone is 1. The van der Waals surface area contributed by atoms with Crippen LogP contribution in [0.2, 0.25) is 0 Å². The Bertz CT molecular complexity index is 563. The minimum Gasteiger partial charge on any atom is -0.376 e. The zero-order valence-corrected chi connectivity index (χ0v) is 16.2. The maximum Gasteiger partial charge on any atom is 0.140 e. The predicted octanol–water partition coefficient (Wildman–Crippen LogP) is 5.54. The van der Waals surface area contributed by atoms with E-state index in [0.717, 1.165) is 36.8 Å². The van der Waals surface area contributed by atoms with Crippen LogP contribution in [-0.4, -0.2) is 11.2 Å². The van der Waals surface area contributed by atoms with Crippen molar-refractivity contribution < 1.29 is 11.1 Å². The Morgan fingerprint density at radius 1 is 1.38 bits per heavy atom. The zero-order valence-electron chi connectivity index (χ0n) is 15.1. The van der Waals surface area contributed by atoms with Crippen LogP contribution in [0.25, 0.3) is 0 Å². The monoisotopic (exact) mass is 350 g/mol. The average molecular weight is 350 g/mol. The average Bonchev–Trinajstić information content (AvgIpc) is 2.58. The van der Waals surface area contributed by atoms with Gasteiger partial charge in [-0.15, -0.1) is 12.5 Å². The van der Waals surface area contributed by atoms with Crippen LogP contribution >= 0.6 is 9.47 Å². The molecule has 24 heavy (non-hydrogen) atoms. The van der Waals surface area contributed by atoms with Crippen LogP contribution in [0, 0.1) is 18.8 Å². The van der Waals surface area contributed by atoms with E-state index in [1.165, 1.54) is 24.8 Å².